The van der Waals surface area contributed by atoms with Gasteiger partial charge in [-0.05, 0) is 46.9 Å². The second-order valence-corrected chi connectivity index (χ2v) is 7.53. The number of rotatable bonds is 3. The molecule has 0 spiro atoms. The Morgan fingerprint density at radius 3 is 2.38 bits per heavy atom. The first-order valence-electron chi connectivity index (χ1n) is 7.57. The summed E-state index contributed by atoms with van der Waals surface area (Å²) in [4.78, 5) is 8.86. The zero-order valence-electron chi connectivity index (χ0n) is 14.1. The maximum absolute atomic E-state index is 4.44. The van der Waals surface area contributed by atoms with Crippen LogP contribution in [0.5, 0.6) is 0 Å². The number of aromatic nitrogens is 2. The smallest absolute Gasteiger partial charge is 0.0410 e. The summed E-state index contributed by atoms with van der Waals surface area (Å²) < 4.78 is 0. The van der Waals surface area contributed by atoms with Crippen LogP contribution < -0.4 is 0 Å². The zero-order chi connectivity index (χ0) is 15.7. The summed E-state index contributed by atoms with van der Waals surface area (Å²) in [6.07, 6.45) is 6.79. The van der Waals surface area contributed by atoms with Gasteiger partial charge in [-0.3, -0.25) is 9.97 Å². The van der Waals surface area contributed by atoms with E-state index < -0.39 is 0 Å². The lowest BCUT2D eigenvalue weighted by atomic mass is 9.78. The molecule has 0 aliphatic rings. The molecule has 2 rings (SSSR count). The number of pyridine rings is 2. The topological polar surface area (TPSA) is 25.8 Å². The van der Waals surface area contributed by atoms with Crippen LogP contribution in [0.2, 0.25) is 0 Å². The molecular formula is C19H26N2. The third-order valence-corrected chi connectivity index (χ3v) is 4.04. The fraction of sp³-hybridized carbons (Fsp3) is 0.474. The summed E-state index contributed by atoms with van der Waals surface area (Å²) in [5.74, 6) is 0. The summed E-state index contributed by atoms with van der Waals surface area (Å²) in [6.45, 7) is 13.3. The van der Waals surface area contributed by atoms with E-state index in [0.29, 0.717) is 0 Å². The van der Waals surface area contributed by atoms with Crippen LogP contribution in [-0.4, -0.2) is 9.97 Å². The molecule has 21 heavy (non-hydrogen) atoms. The van der Waals surface area contributed by atoms with Crippen LogP contribution in [0.25, 0.3) is 0 Å². The molecule has 0 unspecified atom stereocenters. The van der Waals surface area contributed by atoms with Gasteiger partial charge in [0.1, 0.15) is 0 Å². The van der Waals surface area contributed by atoms with Gasteiger partial charge in [0.2, 0.25) is 0 Å². The van der Waals surface area contributed by atoms with E-state index in [4.69, 9.17) is 0 Å². The molecule has 0 saturated heterocycles. The lowest BCUT2D eigenvalue weighted by Crippen LogP contribution is -2.23. The third-order valence-electron chi connectivity index (χ3n) is 4.04. The van der Waals surface area contributed by atoms with E-state index in [1.54, 1.807) is 0 Å². The molecule has 2 heteroatoms. The Labute approximate surface area is 128 Å². The number of nitrogens with zero attached hydrogens (tertiary/aromatic N) is 2. The molecule has 2 aromatic rings. The molecule has 2 heterocycles. The van der Waals surface area contributed by atoms with E-state index in [1.165, 1.54) is 16.7 Å². The van der Waals surface area contributed by atoms with Crippen LogP contribution in [0.3, 0.4) is 0 Å². The maximum atomic E-state index is 4.44. The normalized spacial score (nSPS) is 12.5. The molecule has 0 aromatic carbocycles. The number of aryl methyl sites for hydroxylation is 1. The lowest BCUT2D eigenvalue weighted by molar-refractivity contribution is 0.513. The molecule has 0 bridgehead atoms. The molecule has 112 valence electrons. The molecule has 0 aliphatic carbocycles. The Balaban J connectivity index is 2.31. The highest BCUT2D eigenvalue weighted by Gasteiger charge is 2.24. The summed E-state index contributed by atoms with van der Waals surface area (Å²) in [5.41, 5.74) is 5.19. The minimum absolute atomic E-state index is 0.0521. The van der Waals surface area contributed by atoms with E-state index in [1.807, 2.05) is 24.7 Å². The zero-order valence-corrected chi connectivity index (χ0v) is 14.1. The average Bonchev–Trinajstić information content (AvgIpc) is 2.37. The van der Waals surface area contributed by atoms with Crippen molar-refractivity contribution in [2.75, 3.05) is 0 Å². The van der Waals surface area contributed by atoms with Crippen molar-refractivity contribution in [2.45, 2.75) is 58.8 Å². The molecule has 0 fully saturated rings. The Bertz CT molecular complexity index is 621. The second-order valence-electron chi connectivity index (χ2n) is 7.53. The van der Waals surface area contributed by atoms with Crippen LogP contribution in [0, 0.1) is 6.92 Å². The molecule has 0 saturated carbocycles. The quantitative estimate of drug-likeness (QED) is 0.822. The van der Waals surface area contributed by atoms with Crippen molar-refractivity contribution in [3.8, 4) is 0 Å². The van der Waals surface area contributed by atoms with Crippen molar-refractivity contribution in [3.63, 3.8) is 0 Å². The van der Waals surface area contributed by atoms with Crippen molar-refractivity contribution in [1.82, 2.24) is 9.97 Å². The van der Waals surface area contributed by atoms with Crippen LogP contribution in [-0.2, 0) is 17.3 Å². The van der Waals surface area contributed by atoms with Gasteiger partial charge in [0, 0.05) is 24.3 Å². The predicted octanol–water partition coefficient (Wildman–Crippen LogP) is 4.60. The first-order valence-corrected chi connectivity index (χ1v) is 7.57. The molecule has 2 nitrogen and oxygen atoms in total. The summed E-state index contributed by atoms with van der Waals surface area (Å²) >= 11 is 0. The molecule has 0 atom stereocenters. The highest BCUT2D eigenvalue weighted by Crippen LogP contribution is 2.30. The van der Waals surface area contributed by atoms with Crippen molar-refractivity contribution in [3.05, 3.63) is 59.2 Å². The van der Waals surface area contributed by atoms with Gasteiger partial charge in [-0.25, -0.2) is 0 Å². The summed E-state index contributed by atoms with van der Waals surface area (Å²) in [6, 6.07) is 6.50. The summed E-state index contributed by atoms with van der Waals surface area (Å²) in [5, 5.41) is 0. The molecule has 0 radical (unpaired) electrons. The van der Waals surface area contributed by atoms with Gasteiger partial charge in [0.15, 0.2) is 0 Å². The summed E-state index contributed by atoms with van der Waals surface area (Å²) in [7, 11) is 0. The second kappa shape index (κ2) is 5.59. The van der Waals surface area contributed by atoms with Crippen molar-refractivity contribution >= 4 is 0 Å². The van der Waals surface area contributed by atoms with Gasteiger partial charge in [0.05, 0.1) is 0 Å². The van der Waals surface area contributed by atoms with Gasteiger partial charge >= 0.3 is 0 Å². The lowest BCUT2D eigenvalue weighted by Gasteiger charge is -2.27. The minimum Gasteiger partial charge on any atom is -0.264 e. The van der Waals surface area contributed by atoms with Crippen molar-refractivity contribution < 1.29 is 0 Å². The Morgan fingerprint density at radius 1 is 1.05 bits per heavy atom. The van der Waals surface area contributed by atoms with Crippen LogP contribution in [0.4, 0.5) is 0 Å². The molecular weight excluding hydrogens is 256 g/mol. The van der Waals surface area contributed by atoms with Gasteiger partial charge in [-0.2, -0.15) is 0 Å². The maximum Gasteiger partial charge on any atom is 0.0410 e. The molecule has 2 aromatic heterocycles. The van der Waals surface area contributed by atoms with E-state index >= 15 is 0 Å². The van der Waals surface area contributed by atoms with Crippen LogP contribution >= 0.6 is 0 Å². The molecule has 0 aliphatic heterocycles. The van der Waals surface area contributed by atoms with E-state index in [2.05, 4.69) is 63.6 Å². The van der Waals surface area contributed by atoms with Crippen LogP contribution in [0.1, 0.15) is 57.0 Å². The van der Waals surface area contributed by atoms with E-state index in [0.717, 1.165) is 12.1 Å². The Hall–Kier alpha value is -1.70. The largest absolute Gasteiger partial charge is 0.264 e. The number of hydrogen-bond donors (Lipinski definition) is 0. The fourth-order valence-electron chi connectivity index (χ4n) is 2.80. The van der Waals surface area contributed by atoms with Crippen LogP contribution in [0.15, 0.2) is 36.8 Å². The SMILES string of the molecule is Cc1ncccc1C(C)(C)Cc1cncc(C(C)(C)C)c1. The van der Waals surface area contributed by atoms with Gasteiger partial charge in [-0.1, -0.05) is 46.8 Å². The predicted molar refractivity (Wildman–Crippen MR) is 88.6 cm³/mol. The van der Waals surface area contributed by atoms with Crippen molar-refractivity contribution in [1.29, 1.82) is 0 Å². The third kappa shape index (κ3) is 3.69. The first kappa shape index (κ1) is 15.7. The van der Waals surface area contributed by atoms with E-state index in [-0.39, 0.29) is 10.8 Å². The fourth-order valence-corrected chi connectivity index (χ4v) is 2.80. The standard InChI is InChI=1S/C19H26N2/c1-14-17(8-7-9-21-14)19(5,6)11-15-10-16(13-20-12-15)18(2,3)4/h7-10,12-13H,11H2,1-6H3. The molecule has 0 amide bonds. The highest BCUT2D eigenvalue weighted by atomic mass is 14.7. The van der Waals surface area contributed by atoms with E-state index in [9.17, 15) is 0 Å². The molecule has 0 N–H and O–H groups in total. The first-order chi connectivity index (χ1) is 9.70. The van der Waals surface area contributed by atoms with Gasteiger partial charge in [0.25, 0.3) is 0 Å². The van der Waals surface area contributed by atoms with Gasteiger partial charge in [-0.15, -0.1) is 0 Å². The highest BCUT2D eigenvalue weighted by molar-refractivity contribution is 5.31. The minimum atomic E-state index is 0.0521. The average molecular weight is 282 g/mol. The number of hydrogen-bond acceptors (Lipinski definition) is 2. The Morgan fingerprint density at radius 2 is 1.76 bits per heavy atom. The monoisotopic (exact) mass is 282 g/mol. The van der Waals surface area contributed by atoms with Crippen molar-refractivity contribution in [2.24, 2.45) is 0 Å². The Kier molecular flexibility index (Phi) is 4.18. The van der Waals surface area contributed by atoms with Gasteiger partial charge < -0.3 is 0 Å².